The summed E-state index contributed by atoms with van der Waals surface area (Å²) < 4.78 is 0. The van der Waals surface area contributed by atoms with Gasteiger partial charge in [0.15, 0.2) is 0 Å². The van der Waals surface area contributed by atoms with Gasteiger partial charge in [-0.15, -0.1) is 11.3 Å². The lowest BCUT2D eigenvalue weighted by atomic mass is 10.2. The van der Waals surface area contributed by atoms with Crippen LogP contribution in [0, 0.1) is 0 Å². The second kappa shape index (κ2) is 6.00. The molecule has 1 aromatic carbocycles. The summed E-state index contributed by atoms with van der Waals surface area (Å²) in [5.41, 5.74) is 10.5. The number of nitrogens with one attached hydrogen (secondary N) is 1. The highest BCUT2D eigenvalue weighted by molar-refractivity contribution is 7.07. The normalized spacial score (nSPS) is 10.6. The maximum atomic E-state index is 5.93. The molecule has 2 aromatic rings. The summed E-state index contributed by atoms with van der Waals surface area (Å²) in [6.45, 7) is 1.67. The van der Waals surface area contributed by atoms with E-state index in [1.165, 1.54) is 0 Å². The zero-order valence-electron chi connectivity index (χ0n) is 9.32. The van der Waals surface area contributed by atoms with Gasteiger partial charge in [0.05, 0.1) is 11.2 Å². The van der Waals surface area contributed by atoms with Crippen LogP contribution in [-0.4, -0.2) is 11.5 Å². The Hall–Kier alpha value is -1.10. The molecule has 0 unspecified atom stereocenters. The van der Waals surface area contributed by atoms with Gasteiger partial charge in [-0.25, -0.2) is 4.98 Å². The number of hydrogen-bond acceptors (Lipinski definition) is 4. The third-order valence-corrected chi connectivity index (χ3v) is 3.20. The van der Waals surface area contributed by atoms with E-state index in [-0.39, 0.29) is 0 Å². The van der Waals surface area contributed by atoms with Gasteiger partial charge in [0.25, 0.3) is 0 Å². The maximum Gasteiger partial charge on any atom is 0.0794 e. The first-order valence-electron chi connectivity index (χ1n) is 5.37. The molecule has 1 heterocycles. The second-order valence-electron chi connectivity index (χ2n) is 3.80. The van der Waals surface area contributed by atoms with Crippen molar-refractivity contribution in [2.75, 3.05) is 12.3 Å². The quantitative estimate of drug-likeness (QED) is 0.647. The summed E-state index contributed by atoms with van der Waals surface area (Å²) in [5, 5.41) is 6.10. The van der Waals surface area contributed by atoms with E-state index in [1.807, 2.05) is 17.6 Å². The fourth-order valence-corrected chi connectivity index (χ4v) is 2.45. The van der Waals surface area contributed by atoms with Crippen molar-refractivity contribution in [2.45, 2.75) is 13.0 Å². The van der Waals surface area contributed by atoms with E-state index in [4.69, 9.17) is 17.3 Å². The number of halogens is 1. The highest BCUT2D eigenvalue weighted by Crippen LogP contribution is 2.16. The van der Waals surface area contributed by atoms with Crippen LogP contribution in [-0.2, 0) is 13.0 Å². The lowest BCUT2D eigenvalue weighted by Gasteiger charge is -2.05. The van der Waals surface area contributed by atoms with Gasteiger partial charge in [0.1, 0.15) is 0 Å². The number of aromatic nitrogens is 1. The molecule has 90 valence electrons. The van der Waals surface area contributed by atoms with Crippen molar-refractivity contribution in [1.29, 1.82) is 0 Å². The molecule has 2 rings (SSSR count). The molecule has 0 aliphatic carbocycles. The Bertz CT molecular complexity index is 450. The van der Waals surface area contributed by atoms with Crippen LogP contribution in [0.4, 0.5) is 5.69 Å². The van der Waals surface area contributed by atoms with E-state index >= 15 is 0 Å². The highest BCUT2D eigenvalue weighted by atomic mass is 35.5. The van der Waals surface area contributed by atoms with Crippen molar-refractivity contribution < 1.29 is 0 Å². The van der Waals surface area contributed by atoms with Crippen molar-refractivity contribution >= 4 is 28.6 Å². The van der Waals surface area contributed by atoms with Gasteiger partial charge in [-0.2, -0.15) is 0 Å². The molecule has 0 aliphatic heterocycles. The van der Waals surface area contributed by atoms with E-state index in [2.05, 4.69) is 15.7 Å². The number of nitrogens with two attached hydrogens (primary N) is 1. The van der Waals surface area contributed by atoms with Crippen molar-refractivity contribution in [2.24, 2.45) is 0 Å². The van der Waals surface area contributed by atoms with Crippen LogP contribution in [0.15, 0.2) is 29.1 Å². The molecular weight excluding hydrogens is 254 g/mol. The lowest BCUT2D eigenvalue weighted by Crippen LogP contribution is -2.16. The number of anilines is 1. The van der Waals surface area contributed by atoms with Gasteiger partial charge in [0.2, 0.25) is 0 Å². The Kier molecular flexibility index (Phi) is 4.36. The van der Waals surface area contributed by atoms with E-state index in [9.17, 15) is 0 Å². The van der Waals surface area contributed by atoms with Gasteiger partial charge < -0.3 is 11.1 Å². The molecule has 0 fully saturated rings. The predicted molar refractivity (Wildman–Crippen MR) is 73.4 cm³/mol. The molecule has 0 radical (unpaired) electrons. The van der Waals surface area contributed by atoms with Gasteiger partial charge in [-0.1, -0.05) is 11.6 Å². The fraction of sp³-hybridized carbons (Fsp3) is 0.250. The third kappa shape index (κ3) is 4.00. The molecule has 0 bridgehead atoms. The zero-order chi connectivity index (χ0) is 12.1. The van der Waals surface area contributed by atoms with Gasteiger partial charge >= 0.3 is 0 Å². The molecule has 5 heteroatoms. The number of hydrogen-bond donors (Lipinski definition) is 2. The Morgan fingerprint density at radius 1 is 1.35 bits per heavy atom. The molecule has 0 amide bonds. The minimum Gasteiger partial charge on any atom is -0.399 e. The predicted octanol–water partition coefficient (Wildman–Crippen LogP) is 2.71. The average molecular weight is 268 g/mol. The van der Waals surface area contributed by atoms with E-state index in [1.54, 1.807) is 17.4 Å². The van der Waals surface area contributed by atoms with Crippen LogP contribution < -0.4 is 11.1 Å². The number of nitrogens with zero attached hydrogens (tertiary/aromatic N) is 1. The largest absolute Gasteiger partial charge is 0.399 e. The molecule has 1 aromatic heterocycles. The summed E-state index contributed by atoms with van der Waals surface area (Å²) in [7, 11) is 0. The van der Waals surface area contributed by atoms with Gasteiger partial charge in [-0.3, -0.25) is 0 Å². The minimum atomic E-state index is 0.682. The Balaban J connectivity index is 1.78. The molecular formula is C12H14ClN3S. The summed E-state index contributed by atoms with van der Waals surface area (Å²) in [5.74, 6) is 0. The van der Waals surface area contributed by atoms with Crippen molar-refractivity contribution in [3.63, 3.8) is 0 Å². The molecule has 0 spiro atoms. The third-order valence-electron chi connectivity index (χ3n) is 2.35. The molecule has 17 heavy (non-hydrogen) atoms. The first-order chi connectivity index (χ1) is 8.24. The Morgan fingerprint density at radius 3 is 2.94 bits per heavy atom. The highest BCUT2D eigenvalue weighted by Gasteiger charge is 1.98. The second-order valence-corrected chi connectivity index (χ2v) is 4.95. The summed E-state index contributed by atoms with van der Waals surface area (Å²) in [6, 6.07) is 5.61. The van der Waals surface area contributed by atoms with Gasteiger partial charge in [0, 0.05) is 35.6 Å². The smallest absolute Gasteiger partial charge is 0.0794 e. The van der Waals surface area contributed by atoms with E-state index in [0.29, 0.717) is 10.7 Å². The van der Waals surface area contributed by atoms with Crippen LogP contribution in [0.1, 0.15) is 11.3 Å². The van der Waals surface area contributed by atoms with Crippen molar-refractivity contribution in [3.05, 3.63) is 45.4 Å². The molecule has 0 saturated heterocycles. The molecule has 0 aliphatic rings. The summed E-state index contributed by atoms with van der Waals surface area (Å²) in [6.07, 6.45) is 0.944. The average Bonchev–Trinajstić information content (AvgIpc) is 2.76. The number of nitrogen functional groups attached to an aromatic ring is 1. The lowest BCUT2D eigenvalue weighted by molar-refractivity contribution is 0.682. The van der Waals surface area contributed by atoms with E-state index < -0.39 is 0 Å². The molecule has 3 nitrogen and oxygen atoms in total. The molecule has 0 atom stereocenters. The topological polar surface area (TPSA) is 50.9 Å². The first-order valence-corrected chi connectivity index (χ1v) is 6.69. The monoisotopic (exact) mass is 267 g/mol. The van der Waals surface area contributed by atoms with Crippen LogP contribution in [0.5, 0.6) is 0 Å². The number of benzene rings is 1. The first kappa shape index (κ1) is 12.4. The number of thiazole rings is 1. The fourth-order valence-electron chi connectivity index (χ4n) is 1.59. The standard InChI is InChI=1S/C12H14ClN3S/c13-10-3-9(4-11(14)5-10)6-15-2-1-12-7-17-8-16-12/h3-5,7-8,15H,1-2,6,14H2. The van der Waals surface area contributed by atoms with Crippen LogP contribution in [0.3, 0.4) is 0 Å². The SMILES string of the molecule is Nc1cc(Cl)cc(CNCCc2cscn2)c1. The summed E-state index contributed by atoms with van der Waals surface area (Å²) >= 11 is 7.55. The van der Waals surface area contributed by atoms with Crippen LogP contribution >= 0.6 is 22.9 Å². The Morgan fingerprint density at radius 2 is 2.24 bits per heavy atom. The zero-order valence-corrected chi connectivity index (χ0v) is 10.9. The van der Waals surface area contributed by atoms with Crippen LogP contribution in [0.25, 0.3) is 0 Å². The van der Waals surface area contributed by atoms with Crippen LogP contribution in [0.2, 0.25) is 5.02 Å². The maximum absolute atomic E-state index is 5.93. The van der Waals surface area contributed by atoms with Gasteiger partial charge in [-0.05, 0) is 23.8 Å². The van der Waals surface area contributed by atoms with E-state index in [0.717, 1.165) is 30.8 Å². The minimum absolute atomic E-state index is 0.682. The van der Waals surface area contributed by atoms with Crippen molar-refractivity contribution in [1.82, 2.24) is 10.3 Å². The molecule has 0 saturated carbocycles. The number of rotatable bonds is 5. The van der Waals surface area contributed by atoms with Crippen molar-refractivity contribution in [3.8, 4) is 0 Å². The summed E-state index contributed by atoms with van der Waals surface area (Å²) in [4.78, 5) is 4.23. The molecule has 3 N–H and O–H groups in total. The Labute approximate surface area is 110 Å².